The maximum atomic E-state index is 5.42. The van der Waals surface area contributed by atoms with Crippen molar-refractivity contribution in [3.63, 3.8) is 0 Å². The summed E-state index contributed by atoms with van der Waals surface area (Å²) in [6.07, 6.45) is 1.96. The van der Waals surface area contributed by atoms with Crippen LogP contribution in [0.15, 0.2) is 0 Å². The number of hydrogen-bond donors (Lipinski definition) is 0. The third-order valence-corrected chi connectivity index (χ3v) is 2.39. The molecule has 1 aliphatic heterocycles. The summed E-state index contributed by atoms with van der Waals surface area (Å²) in [6.45, 7) is 4.94. The van der Waals surface area contributed by atoms with Crippen LogP contribution in [0.5, 0.6) is 0 Å². The van der Waals surface area contributed by atoms with Gasteiger partial charge in [-0.05, 0) is 12.0 Å². The first-order chi connectivity index (χ1) is 7.93. The van der Waals surface area contributed by atoms with E-state index >= 15 is 0 Å². The highest BCUT2D eigenvalue weighted by molar-refractivity contribution is 7.93. The summed E-state index contributed by atoms with van der Waals surface area (Å²) in [5.74, 6) is 0. The van der Waals surface area contributed by atoms with Crippen molar-refractivity contribution in [3.05, 3.63) is 0 Å². The molecule has 1 saturated heterocycles. The van der Waals surface area contributed by atoms with Crippen LogP contribution in [0.25, 0.3) is 0 Å². The maximum absolute atomic E-state index is 5.42. The Labute approximate surface area is 101 Å². The van der Waals surface area contributed by atoms with Crippen LogP contribution in [-0.2, 0) is 23.1 Å². The summed E-state index contributed by atoms with van der Waals surface area (Å²) >= 11 is 1.35. The highest BCUT2D eigenvalue weighted by Gasteiger charge is 2.13. The molecule has 5 nitrogen and oxygen atoms in total. The minimum atomic E-state index is 0.0774. The molecule has 0 radical (unpaired) electrons. The second-order valence-corrected chi connectivity index (χ2v) is 3.81. The van der Waals surface area contributed by atoms with Crippen LogP contribution >= 0.6 is 12.0 Å². The van der Waals surface area contributed by atoms with Crippen LogP contribution in [0.1, 0.15) is 0 Å². The van der Waals surface area contributed by atoms with Crippen molar-refractivity contribution in [2.75, 3.05) is 59.1 Å². The lowest BCUT2D eigenvalue weighted by atomic mass is 10.4. The largest absolute Gasteiger partial charge is 0.377 e. The summed E-state index contributed by atoms with van der Waals surface area (Å²) in [5, 5.41) is 0. The summed E-state index contributed by atoms with van der Waals surface area (Å²) in [5.41, 5.74) is 0. The van der Waals surface area contributed by atoms with Gasteiger partial charge in [0.1, 0.15) is 6.10 Å². The van der Waals surface area contributed by atoms with Crippen molar-refractivity contribution in [1.82, 2.24) is 0 Å². The number of rotatable bonds is 9. The molecule has 1 rings (SSSR count). The average Bonchev–Trinajstić information content (AvgIpc) is 2.34. The molecule has 96 valence electrons. The van der Waals surface area contributed by atoms with Crippen LogP contribution in [-0.4, -0.2) is 65.2 Å². The molecule has 1 heterocycles. The van der Waals surface area contributed by atoms with Crippen molar-refractivity contribution >= 4 is 12.0 Å². The zero-order valence-electron chi connectivity index (χ0n) is 9.68. The molecule has 1 fully saturated rings. The summed E-state index contributed by atoms with van der Waals surface area (Å²) in [6, 6.07) is 0. The van der Waals surface area contributed by atoms with Gasteiger partial charge in [-0.2, -0.15) is 0 Å². The van der Waals surface area contributed by atoms with Crippen molar-refractivity contribution < 1.29 is 23.1 Å². The van der Waals surface area contributed by atoms with E-state index in [-0.39, 0.29) is 6.10 Å². The number of ether oxygens (including phenoxy) is 4. The van der Waals surface area contributed by atoms with Gasteiger partial charge in [0.05, 0.1) is 52.9 Å². The van der Waals surface area contributed by atoms with E-state index in [0.717, 1.165) is 0 Å². The highest BCUT2D eigenvalue weighted by Crippen LogP contribution is 2.00. The van der Waals surface area contributed by atoms with E-state index in [4.69, 9.17) is 23.1 Å². The molecule has 0 aromatic rings. The SMILES string of the molecule is CSOCCOCCOCC1COCCO1. The molecule has 16 heavy (non-hydrogen) atoms. The average molecular weight is 252 g/mol. The van der Waals surface area contributed by atoms with Crippen LogP contribution in [0.3, 0.4) is 0 Å². The van der Waals surface area contributed by atoms with Crippen molar-refractivity contribution in [1.29, 1.82) is 0 Å². The Hall–Kier alpha value is 0.150. The van der Waals surface area contributed by atoms with Gasteiger partial charge in [-0.15, -0.1) is 0 Å². The predicted molar refractivity (Wildman–Crippen MR) is 61.7 cm³/mol. The summed E-state index contributed by atoms with van der Waals surface area (Å²) in [7, 11) is 0. The Balaban J connectivity index is 1.77. The molecule has 0 aliphatic carbocycles. The monoisotopic (exact) mass is 252 g/mol. The van der Waals surface area contributed by atoms with Gasteiger partial charge in [0.25, 0.3) is 0 Å². The standard InChI is InChI=1S/C10H20O5S/c1-16-15-7-5-11-2-3-12-8-10-9-13-4-6-14-10/h10H,2-9H2,1H3. The molecule has 0 aromatic carbocycles. The first-order valence-electron chi connectivity index (χ1n) is 5.44. The van der Waals surface area contributed by atoms with Crippen molar-refractivity contribution in [2.24, 2.45) is 0 Å². The van der Waals surface area contributed by atoms with Crippen molar-refractivity contribution in [2.45, 2.75) is 6.10 Å². The molecule has 0 aromatic heterocycles. The predicted octanol–water partition coefficient (Wildman–Crippen LogP) is 0.730. The molecular formula is C10H20O5S. The Morgan fingerprint density at radius 2 is 1.94 bits per heavy atom. The van der Waals surface area contributed by atoms with E-state index < -0.39 is 0 Å². The molecule has 1 aliphatic rings. The minimum Gasteiger partial charge on any atom is -0.377 e. The molecule has 1 unspecified atom stereocenters. The second kappa shape index (κ2) is 10.3. The Morgan fingerprint density at radius 3 is 2.69 bits per heavy atom. The van der Waals surface area contributed by atoms with E-state index in [1.54, 1.807) is 0 Å². The molecule has 1 atom stereocenters. The summed E-state index contributed by atoms with van der Waals surface area (Å²) < 4.78 is 26.4. The van der Waals surface area contributed by atoms with Gasteiger partial charge in [-0.3, -0.25) is 0 Å². The minimum absolute atomic E-state index is 0.0774. The lowest BCUT2D eigenvalue weighted by molar-refractivity contribution is -0.118. The quantitative estimate of drug-likeness (QED) is 0.445. The van der Waals surface area contributed by atoms with Gasteiger partial charge >= 0.3 is 0 Å². The lowest BCUT2D eigenvalue weighted by Gasteiger charge is -2.22. The van der Waals surface area contributed by atoms with Gasteiger partial charge in [0, 0.05) is 6.26 Å². The highest BCUT2D eigenvalue weighted by atomic mass is 32.2. The topological polar surface area (TPSA) is 46.2 Å². The normalized spacial score (nSPS) is 21.2. The second-order valence-electron chi connectivity index (χ2n) is 3.24. The van der Waals surface area contributed by atoms with Gasteiger partial charge in [-0.1, -0.05) is 0 Å². The molecule has 6 heteroatoms. The van der Waals surface area contributed by atoms with Gasteiger partial charge < -0.3 is 23.1 Å². The zero-order valence-corrected chi connectivity index (χ0v) is 10.5. The first-order valence-corrected chi connectivity index (χ1v) is 6.59. The fourth-order valence-corrected chi connectivity index (χ4v) is 1.48. The fourth-order valence-electron chi connectivity index (χ4n) is 1.24. The summed E-state index contributed by atoms with van der Waals surface area (Å²) in [4.78, 5) is 0. The van der Waals surface area contributed by atoms with E-state index in [1.807, 2.05) is 6.26 Å². The number of hydrogen-bond acceptors (Lipinski definition) is 6. The Bertz CT molecular complexity index is 152. The van der Waals surface area contributed by atoms with E-state index in [0.29, 0.717) is 52.9 Å². The van der Waals surface area contributed by atoms with E-state index in [1.165, 1.54) is 12.0 Å². The molecule has 0 spiro atoms. The van der Waals surface area contributed by atoms with Crippen molar-refractivity contribution in [3.8, 4) is 0 Å². The lowest BCUT2D eigenvalue weighted by Crippen LogP contribution is -2.32. The Kier molecular flexibility index (Phi) is 9.16. The van der Waals surface area contributed by atoms with Gasteiger partial charge in [-0.25, -0.2) is 0 Å². The van der Waals surface area contributed by atoms with Gasteiger partial charge in [0.15, 0.2) is 0 Å². The van der Waals surface area contributed by atoms with E-state index in [9.17, 15) is 0 Å². The van der Waals surface area contributed by atoms with Crippen LogP contribution in [0, 0.1) is 0 Å². The van der Waals surface area contributed by atoms with Crippen LogP contribution in [0.2, 0.25) is 0 Å². The maximum Gasteiger partial charge on any atom is 0.104 e. The zero-order chi connectivity index (χ0) is 11.5. The fraction of sp³-hybridized carbons (Fsp3) is 1.00. The van der Waals surface area contributed by atoms with E-state index in [2.05, 4.69) is 0 Å². The molecule has 0 amide bonds. The third-order valence-electron chi connectivity index (χ3n) is 1.99. The molecule has 0 bridgehead atoms. The molecular weight excluding hydrogens is 232 g/mol. The molecule has 0 saturated carbocycles. The molecule has 0 N–H and O–H groups in total. The smallest absolute Gasteiger partial charge is 0.104 e. The van der Waals surface area contributed by atoms with Crippen LogP contribution in [0.4, 0.5) is 0 Å². The Morgan fingerprint density at radius 1 is 1.12 bits per heavy atom. The van der Waals surface area contributed by atoms with Gasteiger partial charge in [0.2, 0.25) is 0 Å². The first kappa shape index (κ1) is 14.2. The third kappa shape index (κ3) is 7.43. The van der Waals surface area contributed by atoms with Crippen LogP contribution < -0.4 is 0 Å².